The first kappa shape index (κ1) is 16.1. The van der Waals surface area contributed by atoms with Crippen molar-refractivity contribution in [2.75, 3.05) is 40.6 Å². The molecule has 0 bridgehead atoms. The van der Waals surface area contributed by atoms with Crippen LogP contribution in [-0.4, -0.2) is 55.6 Å². The Morgan fingerprint density at radius 1 is 1.17 bits per heavy atom. The summed E-state index contributed by atoms with van der Waals surface area (Å²) in [5.41, 5.74) is 0. The van der Waals surface area contributed by atoms with Crippen LogP contribution in [-0.2, 0) is 22.8 Å². The first-order valence-electron chi connectivity index (χ1n) is 6.70. The van der Waals surface area contributed by atoms with E-state index in [1.54, 1.807) is 14.2 Å². The Balaban J connectivity index is 2.07. The summed E-state index contributed by atoms with van der Waals surface area (Å²) in [5, 5.41) is 0. The zero-order chi connectivity index (χ0) is 13.3. The fraction of sp³-hybridized carbons (Fsp3) is 1.00. The molecule has 5 nitrogen and oxygen atoms in total. The van der Waals surface area contributed by atoms with Crippen LogP contribution in [0.3, 0.4) is 0 Å². The topological polar surface area (TPSA) is 49.5 Å². The lowest BCUT2D eigenvalue weighted by Crippen LogP contribution is -2.44. The van der Waals surface area contributed by atoms with E-state index in [0.29, 0.717) is 12.7 Å². The summed E-state index contributed by atoms with van der Waals surface area (Å²) < 4.78 is 27.3. The second-order valence-corrected chi connectivity index (χ2v) is 7.40. The number of unbranched alkanes of at least 4 members (excludes halogenated alkanes) is 1. The van der Waals surface area contributed by atoms with Gasteiger partial charge in [0.05, 0.1) is 13.2 Å². The highest BCUT2D eigenvalue weighted by Crippen LogP contribution is 2.18. The summed E-state index contributed by atoms with van der Waals surface area (Å²) >= 11 is 0. The van der Waals surface area contributed by atoms with Crippen molar-refractivity contribution in [3.8, 4) is 0 Å². The van der Waals surface area contributed by atoms with Gasteiger partial charge in [-0.2, -0.15) is 0 Å². The Hall–Kier alpha value is 0.0169. The van der Waals surface area contributed by atoms with Gasteiger partial charge in [0.1, 0.15) is 6.10 Å². The standard InChI is InChI=1S/C12H26O5Si/c1-4-7-17-18(13-2,14-3)9-6-5-8-15-10-12-11-16-12/h12H,4-11H2,1-3H3. The van der Waals surface area contributed by atoms with Crippen LogP contribution >= 0.6 is 0 Å². The Morgan fingerprint density at radius 2 is 1.89 bits per heavy atom. The molecule has 1 aliphatic heterocycles. The number of ether oxygens (including phenoxy) is 2. The predicted molar refractivity (Wildman–Crippen MR) is 70.6 cm³/mol. The van der Waals surface area contributed by atoms with Gasteiger partial charge in [-0.15, -0.1) is 0 Å². The Labute approximate surface area is 111 Å². The van der Waals surface area contributed by atoms with Gasteiger partial charge in [0, 0.05) is 33.5 Å². The third kappa shape index (κ3) is 6.26. The average molecular weight is 278 g/mol. The maximum Gasteiger partial charge on any atom is 0.500 e. The van der Waals surface area contributed by atoms with Gasteiger partial charge in [0.15, 0.2) is 0 Å². The van der Waals surface area contributed by atoms with Gasteiger partial charge >= 0.3 is 8.80 Å². The molecule has 108 valence electrons. The average Bonchev–Trinajstić information content (AvgIpc) is 3.22. The van der Waals surface area contributed by atoms with Gasteiger partial charge < -0.3 is 22.8 Å². The smallest absolute Gasteiger partial charge is 0.379 e. The highest BCUT2D eigenvalue weighted by atomic mass is 28.4. The number of epoxide rings is 1. The second-order valence-electron chi connectivity index (χ2n) is 4.43. The molecule has 1 unspecified atom stereocenters. The van der Waals surface area contributed by atoms with Gasteiger partial charge in [0.25, 0.3) is 0 Å². The highest BCUT2D eigenvalue weighted by Gasteiger charge is 2.37. The van der Waals surface area contributed by atoms with E-state index in [1.165, 1.54) is 0 Å². The van der Waals surface area contributed by atoms with Crippen LogP contribution in [0.4, 0.5) is 0 Å². The molecular formula is C12H26O5Si. The minimum atomic E-state index is -2.41. The molecule has 0 N–H and O–H groups in total. The van der Waals surface area contributed by atoms with Gasteiger partial charge in [-0.3, -0.25) is 0 Å². The maximum absolute atomic E-state index is 5.77. The largest absolute Gasteiger partial charge is 0.500 e. The quantitative estimate of drug-likeness (QED) is 0.310. The number of hydrogen-bond acceptors (Lipinski definition) is 5. The van der Waals surface area contributed by atoms with Crippen molar-refractivity contribution in [1.82, 2.24) is 0 Å². The molecule has 18 heavy (non-hydrogen) atoms. The van der Waals surface area contributed by atoms with Crippen LogP contribution in [0.15, 0.2) is 0 Å². The first-order chi connectivity index (χ1) is 8.76. The lowest BCUT2D eigenvalue weighted by Gasteiger charge is -2.26. The van der Waals surface area contributed by atoms with Crippen LogP contribution < -0.4 is 0 Å². The molecule has 0 aromatic rings. The monoisotopic (exact) mass is 278 g/mol. The van der Waals surface area contributed by atoms with Gasteiger partial charge in [-0.1, -0.05) is 6.92 Å². The van der Waals surface area contributed by atoms with E-state index in [1.807, 2.05) is 0 Å². The molecular weight excluding hydrogens is 252 g/mol. The van der Waals surface area contributed by atoms with E-state index in [9.17, 15) is 0 Å². The van der Waals surface area contributed by atoms with E-state index < -0.39 is 8.80 Å². The fourth-order valence-corrected chi connectivity index (χ4v) is 3.81. The van der Waals surface area contributed by atoms with Gasteiger partial charge in [-0.25, -0.2) is 0 Å². The van der Waals surface area contributed by atoms with E-state index in [2.05, 4.69) is 6.92 Å². The molecule has 1 heterocycles. The summed E-state index contributed by atoms with van der Waals surface area (Å²) in [6.07, 6.45) is 3.34. The summed E-state index contributed by atoms with van der Waals surface area (Å²) in [6, 6.07) is 0.850. The lowest BCUT2D eigenvalue weighted by molar-refractivity contribution is 0.0930. The summed E-state index contributed by atoms with van der Waals surface area (Å²) in [7, 11) is 0.932. The Bertz CT molecular complexity index is 207. The normalized spacial score (nSPS) is 19.2. The Kier molecular flexibility index (Phi) is 8.04. The van der Waals surface area contributed by atoms with Crippen molar-refractivity contribution in [3.63, 3.8) is 0 Å². The number of rotatable bonds is 12. The molecule has 1 saturated heterocycles. The third-order valence-corrected chi connectivity index (χ3v) is 5.73. The van der Waals surface area contributed by atoms with E-state index in [0.717, 1.165) is 45.1 Å². The van der Waals surface area contributed by atoms with E-state index in [4.69, 9.17) is 22.8 Å². The molecule has 0 spiro atoms. The molecule has 1 aliphatic rings. The van der Waals surface area contributed by atoms with Crippen molar-refractivity contribution < 1.29 is 22.8 Å². The fourth-order valence-electron chi connectivity index (χ4n) is 1.66. The summed E-state index contributed by atoms with van der Waals surface area (Å²) in [4.78, 5) is 0. The minimum Gasteiger partial charge on any atom is -0.379 e. The molecule has 1 fully saturated rings. The van der Waals surface area contributed by atoms with Crippen molar-refractivity contribution in [2.45, 2.75) is 38.3 Å². The van der Waals surface area contributed by atoms with Crippen molar-refractivity contribution in [1.29, 1.82) is 0 Å². The molecule has 0 saturated carbocycles. The van der Waals surface area contributed by atoms with E-state index in [-0.39, 0.29) is 0 Å². The van der Waals surface area contributed by atoms with Crippen LogP contribution in [0.2, 0.25) is 6.04 Å². The SMILES string of the molecule is CCCO[Si](CCCCOCC1CO1)(OC)OC. The lowest BCUT2D eigenvalue weighted by atomic mass is 10.3. The molecule has 0 aromatic carbocycles. The maximum atomic E-state index is 5.77. The Morgan fingerprint density at radius 3 is 2.44 bits per heavy atom. The van der Waals surface area contributed by atoms with Crippen molar-refractivity contribution in [2.24, 2.45) is 0 Å². The van der Waals surface area contributed by atoms with Crippen LogP contribution in [0, 0.1) is 0 Å². The molecule has 0 aliphatic carbocycles. The van der Waals surface area contributed by atoms with Gasteiger partial charge in [-0.05, 0) is 19.3 Å². The molecule has 1 rings (SSSR count). The second kappa shape index (κ2) is 9.01. The first-order valence-corrected chi connectivity index (χ1v) is 8.63. The molecule has 1 atom stereocenters. The summed E-state index contributed by atoms with van der Waals surface area (Å²) in [6.45, 7) is 5.13. The van der Waals surface area contributed by atoms with E-state index >= 15 is 0 Å². The molecule has 0 aromatic heterocycles. The van der Waals surface area contributed by atoms with Gasteiger partial charge in [0.2, 0.25) is 0 Å². The van der Waals surface area contributed by atoms with Crippen molar-refractivity contribution in [3.05, 3.63) is 0 Å². The molecule has 6 heteroatoms. The summed E-state index contributed by atoms with van der Waals surface area (Å²) in [5.74, 6) is 0. The zero-order valence-electron chi connectivity index (χ0n) is 11.8. The third-order valence-electron chi connectivity index (χ3n) is 2.88. The van der Waals surface area contributed by atoms with Crippen molar-refractivity contribution >= 4 is 8.80 Å². The van der Waals surface area contributed by atoms with Crippen LogP contribution in [0.25, 0.3) is 0 Å². The molecule has 0 radical (unpaired) electrons. The zero-order valence-corrected chi connectivity index (χ0v) is 12.8. The predicted octanol–water partition coefficient (Wildman–Crippen LogP) is 1.84. The molecule has 0 amide bonds. The van der Waals surface area contributed by atoms with Crippen LogP contribution in [0.5, 0.6) is 0 Å². The minimum absolute atomic E-state index is 0.351. The number of hydrogen-bond donors (Lipinski definition) is 0. The van der Waals surface area contributed by atoms with Crippen LogP contribution in [0.1, 0.15) is 26.2 Å². The highest BCUT2D eigenvalue weighted by molar-refractivity contribution is 6.60.